The summed E-state index contributed by atoms with van der Waals surface area (Å²) in [4.78, 5) is 26.1. The third-order valence-electron chi connectivity index (χ3n) is 4.14. The minimum absolute atomic E-state index is 0.0794. The van der Waals surface area contributed by atoms with Gasteiger partial charge in [0, 0.05) is 5.69 Å². The zero-order valence-corrected chi connectivity index (χ0v) is 13.5. The summed E-state index contributed by atoms with van der Waals surface area (Å²) in [5.41, 5.74) is 2.79. The van der Waals surface area contributed by atoms with E-state index in [4.69, 9.17) is 4.74 Å². The van der Waals surface area contributed by atoms with Crippen LogP contribution in [-0.2, 0) is 14.3 Å². The molecule has 1 fully saturated rings. The molecular weight excluding hydrogens is 280 g/mol. The highest BCUT2D eigenvalue weighted by Gasteiger charge is 2.25. The Kier molecular flexibility index (Phi) is 5.55. The monoisotopic (exact) mass is 304 g/mol. The van der Waals surface area contributed by atoms with Gasteiger partial charge in [-0.15, -0.1) is 0 Å². The normalized spacial score (nSPS) is 16.3. The van der Waals surface area contributed by atoms with E-state index in [0.717, 1.165) is 42.7 Å². The van der Waals surface area contributed by atoms with E-state index >= 15 is 0 Å². The lowest BCUT2D eigenvalue weighted by molar-refractivity contribution is -0.152. The molecule has 2 rings (SSSR count). The molecular formula is C17H24N2O3. The van der Waals surface area contributed by atoms with Crippen molar-refractivity contribution in [2.75, 3.05) is 32.1 Å². The average Bonchev–Trinajstić information content (AvgIpc) is 2.49. The maximum Gasteiger partial charge on any atom is 0.309 e. The molecule has 1 amide bonds. The van der Waals surface area contributed by atoms with Gasteiger partial charge in [0.2, 0.25) is 0 Å². The van der Waals surface area contributed by atoms with Crippen molar-refractivity contribution < 1.29 is 14.3 Å². The summed E-state index contributed by atoms with van der Waals surface area (Å²) in [6, 6.07) is 5.82. The summed E-state index contributed by atoms with van der Waals surface area (Å²) in [6.07, 6.45) is 1.60. The molecule has 1 aliphatic rings. The molecule has 1 aliphatic heterocycles. The number of hydrogen-bond donors (Lipinski definition) is 1. The van der Waals surface area contributed by atoms with Crippen LogP contribution in [0, 0.1) is 19.8 Å². The Balaban J connectivity index is 1.81. The molecule has 1 aromatic rings. The van der Waals surface area contributed by atoms with Crippen molar-refractivity contribution in [1.82, 2.24) is 4.90 Å². The number of nitrogens with one attached hydrogen (secondary N) is 1. The van der Waals surface area contributed by atoms with Crippen molar-refractivity contribution >= 4 is 17.6 Å². The second-order valence-corrected chi connectivity index (χ2v) is 6.00. The lowest BCUT2D eigenvalue weighted by Gasteiger charge is -2.27. The molecule has 0 unspecified atom stereocenters. The minimum atomic E-state index is -0.293. The van der Waals surface area contributed by atoms with Gasteiger partial charge in [-0.1, -0.05) is 18.2 Å². The molecule has 1 N–H and O–H groups in total. The number of esters is 1. The summed E-state index contributed by atoms with van der Waals surface area (Å²) in [5.74, 6) is -0.632. The maximum atomic E-state index is 12.0. The van der Waals surface area contributed by atoms with Crippen LogP contribution in [0.4, 0.5) is 5.69 Å². The molecule has 0 aromatic heterocycles. The van der Waals surface area contributed by atoms with Gasteiger partial charge in [0.15, 0.2) is 6.61 Å². The van der Waals surface area contributed by atoms with E-state index in [9.17, 15) is 9.59 Å². The lowest BCUT2D eigenvalue weighted by Crippen LogP contribution is -2.35. The van der Waals surface area contributed by atoms with Crippen LogP contribution >= 0.6 is 0 Å². The number of para-hydroxylation sites is 1. The molecule has 22 heavy (non-hydrogen) atoms. The Labute approximate surface area is 131 Å². The quantitative estimate of drug-likeness (QED) is 0.866. The summed E-state index contributed by atoms with van der Waals surface area (Å²) in [5, 5.41) is 2.82. The van der Waals surface area contributed by atoms with Gasteiger partial charge in [0.05, 0.1) is 5.92 Å². The second-order valence-electron chi connectivity index (χ2n) is 6.00. The molecule has 5 heteroatoms. The maximum absolute atomic E-state index is 12.0. The van der Waals surface area contributed by atoms with Crippen molar-refractivity contribution in [2.45, 2.75) is 26.7 Å². The predicted octanol–water partition coefficient (Wildman–Crippen LogP) is 2.13. The van der Waals surface area contributed by atoms with Gasteiger partial charge in [-0.25, -0.2) is 0 Å². The number of piperidine rings is 1. The summed E-state index contributed by atoms with van der Waals surface area (Å²) >= 11 is 0. The number of nitrogens with zero attached hydrogens (tertiary/aromatic N) is 1. The summed E-state index contributed by atoms with van der Waals surface area (Å²) < 4.78 is 5.16. The third kappa shape index (κ3) is 4.31. The van der Waals surface area contributed by atoms with Gasteiger partial charge in [-0.3, -0.25) is 9.59 Å². The van der Waals surface area contributed by atoms with Crippen molar-refractivity contribution in [3.63, 3.8) is 0 Å². The van der Waals surface area contributed by atoms with Crippen LogP contribution in [-0.4, -0.2) is 43.5 Å². The number of hydrogen-bond acceptors (Lipinski definition) is 4. The zero-order chi connectivity index (χ0) is 16.1. The van der Waals surface area contributed by atoms with Crippen molar-refractivity contribution in [2.24, 2.45) is 5.92 Å². The molecule has 0 spiro atoms. The fourth-order valence-corrected chi connectivity index (χ4v) is 2.69. The van der Waals surface area contributed by atoms with Gasteiger partial charge in [-0.2, -0.15) is 0 Å². The van der Waals surface area contributed by atoms with Crippen molar-refractivity contribution in [1.29, 1.82) is 0 Å². The Hall–Kier alpha value is -1.88. The van der Waals surface area contributed by atoms with Crippen molar-refractivity contribution in [3.8, 4) is 0 Å². The van der Waals surface area contributed by atoms with E-state index in [1.807, 2.05) is 39.1 Å². The van der Waals surface area contributed by atoms with E-state index in [1.54, 1.807) is 0 Å². The Morgan fingerprint density at radius 1 is 1.23 bits per heavy atom. The Morgan fingerprint density at radius 2 is 1.82 bits per heavy atom. The van der Waals surface area contributed by atoms with E-state index < -0.39 is 0 Å². The highest BCUT2D eigenvalue weighted by atomic mass is 16.5. The number of carbonyl (C=O) groups excluding carboxylic acids is 2. The number of likely N-dealkylation sites (tertiary alicyclic amines) is 1. The number of anilines is 1. The molecule has 0 saturated carbocycles. The van der Waals surface area contributed by atoms with E-state index in [1.165, 1.54) is 0 Å². The van der Waals surface area contributed by atoms with Gasteiger partial charge in [-0.05, 0) is 58.0 Å². The number of aryl methyl sites for hydroxylation is 2. The highest BCUT2D eigenvalue weighted by molar-refractivity contribution is 5.94. The third-order valence-corrected chi connectivity index (χ3v) is 4.14. The Morgan fingerprint density at radius 3 is 2.41 bits per heavy atom. The van der Waals surface area contributed by atoms with Crippen molar-refractivity contribution in [3.05, 3.63) is 29.3 Å². The Bertz CT molecular complexity index is 529. The largest absolute Gasteiger partial charge is 0.455 e. The van der Waals surface area contributed by atoms with E-state index in [2.05, 4.69) is 10.2 Å². The molecule has 1 aromatic carbocycles. The molecule has 0 atom stereocenters. The first-order chi connectivity index (χ1) is 10.5. The van der Waals surface area contributed by atoms with Crippen LogP contribution in [0.3, 0.4) is 0 Å². The van der Waals surface area contributed by atoms with Gasteiger partial charge < -0.3 is 15.0 Å². The highest BCUT2D eigenvalue weighted by Crippen LogP contribution is 2.20. The molecule has 0 bridgehead atoms. The fraction of sp³-hybridized carbons (Fsp3) is 0.529. The second kappa shape index (κ2) is 7.40. The van der Waals surface area contributed by atoms with Crippen LogP contribution in [0.25, 0.3) is 0 Å². The van der Waals surface area contributed by atoms with Crippen LogP contribution < -0.4 is 5.32 Å². The molecule has 1 saturated heterocycles. The average molecular weight is 304 g/mol. The number of amides is 1. The minimum Gasteiger partial charge on any atom is -0.455 e. The summed E-state index contributed by atoms with van der Waals surface area (Å²) in [7, 11) is 2.04. The molecule has 0 aliphatic carbocycles. The van der Waals surface area contributed by atoms with E-state index in [0.29, 0.717) is 0 Å². The first-order valence-electron chi connectivity index (χ1n) is 7.68. The van der Waals surface area contributed by atoms with Gasteiger partial charge in [0.1, 0.15) is 0 Å². The van der Waals surface area contributed by atoms with Crippen LogP contribution in [0.2, 0.25) is 0 Å². The molecule has 0 radical (unpaired) electrons. The smallest absolute Gasteiger partial charge is 0.309 e. The number of rotatable bonds is 4. The first kappa shape index (κ1) is 16.5. The van der Waals surface area contributed by atoms with Gasteiger partial charge >= 0.3 is 5.97 Å². The lowest BCUT2D eigenvalue weighted by atomic mass is 9.97. The molecule has 120 valence electrons. The molecule has 1 heterocycles. The number of carbonyl (C=O) groups is 2. The standard InChI is InChI=1S/C17H24N2O3/c1-12-5-4-6-13(2)16(12)18-15(20)11-22-17(21)14-7-9-19(3)10-8-14/h4-6,14H,7-11H2,1-3H3,(H,18,20). The summed E-state index contributed by atoms with van der Waals surface area (Å²) in [6.45, 7) is 5.45. The number of ether oxygens (including phenoxy) is 1. The molecule has 5 nitrogen and oxygen atoms in total. The number of benzene rings is 1. The fourth-order valence-electron chi connectivity index (χ4n) is 2.69. The predicted molar refractivity (Wildman–Crippen MR) is 85.7 cm³/mol. The first-order valence-corrected chi connectivity index (χ1v) is 7.68. The SMILES string of the molecule is Cc1cccc(C)c1NC(=O)COC(=O)C1CCN(C)CC1. The van der Waals surface area contributed by atoms with Crippen LogP contribution in [0.5, 0.6) is 0 Å². The zero-order valence-electron chi connectivity index (χ0n) is 13.5. The van der Waals surface area contributed by atoms with Crippen LogP contribution in [0.1, 0.15) is 24.0 Å². The topological polar surface area (TPSA) is 58.6 Å². The van der Waals surface area contributed by atoms with E-state index in [-0.39, 0.29) is 24.4 Å². The van der Waals surface area contributed by atoms with Crippen LogP contribution in [0.15, 0.2) is 18.2 Å². The van der Waals surface area contributed by atoms with Gasteiger partial charge in [0.25, 0.3) is 5.91 Å².